The van der Waals surface area contributed by atoms with Gasteiger partial charge in [0.15, 0.2) is 5.03 Å². The lowest BCUT2D eigenvalue weighted by Gasteiger charge is -2.10. The van der Waals surface area contributed by atoms with Gasteiger partial charge in [0.1, 0.15) is 0 Å². The summed E-state index contributed by atoms with van der Waals surface area (Å²) in [6.45, 7) is 0. The van der Waals surface area contributed by atoms with E-state index in [1.807, 2.05) is 6.07 Å². The fourth-order valence-electron chi connectivity index (χ4n) is 2.47. The SMILES string of the molecule is O=S(=O)(Nc1ccccc1Cc1nc(-c2ccncc2)no1)c1cnc[nH]1. The van der Waals surface area contributed by atoms with E-state index >= 15 is 0 Å². The maximum Gasteiger partial charge on any atom is 0.278 e. The van der Waals surface area contributed by atoms with Gasteiger partial charge in [0.2, 0.25) is 11.7 Å². The lowest BCUT2D eigenvalue weighted by atomic mass is 10.1. The summed E-state index contributed by atoms with van der Waals surface area (Å²) < 4.78 is 32.7. The van der Waals surface area contributed by atoms with Crippen LogP contribution in [0.1, 0.15) is 11.5 Å². The van der Waals surface area contributed by atoms with Crippen molar-refractivity contribution in [1.29, 1.82) is 0 Å². The molecule has 9 nitrogen and oxygen atoms in total. The molecule has 4 aromatic rings. The highest BCUT2D eigenvalue weighted by molar-refractivity contribution is 7.92. The van der Waals surface area contributed by atoms with Gasteiger partial charge in [-0.3, -0.25) is 9.71 Å². The number of nitrogens with one attached hydrogen (secondary N) is 2. The van der Waals surface area contributed by atoms with Crippen molar-refractivity contribution in [2.75, 3.05) is 4.72 Å². The summed E-state index contributed by atoms with van der Waals surface area (Å²) in [5.74, 6) is 0.818. The van der Waals surface area contributed by atoms with Gasteiger partial charge < -0.3 is 9.51 Å². The fraction of sp³-hybridized carbons (Fsp3) is 0.0588. The van der Waals surface area contributed by atoms with Gasteiger partial charge in [0.25, 0.3) is 10.0 Å². The van der Waals surface area contributed by atoms with Crippen LogP contribution in [0, 0.1) is 0 Å². The Balaban J connectivity index is 1.58. The first-order valence-electron chi connectivity index (χ1n) is 7.94. The summed E-state index contributed by atoms with van der Waals surface area (Å²) in [4.78, 5) is 14.6. The van der Waals surface area contributed by atoms with Crippen LogP contribution in [-0.4, -0.2) is 33.5 Å². The first-order valence-corrected chi connectivity index (χ1v) is 9.42. The van der Waals surface area contributed by atoms with Gasteiger partial charge >= 0.3 is 0 Å². The monoisotopic (exact) mass is 382 g/mol. The molecule has 10 heteroatoms. The molecule has 0 saturated heterocycles. The summed E-state index contributed by atoms with van der Waals surface area (Å²) in [6, 6.07) is 10.6. The van der Waals surface area contributed by atoms with Crippen LogP contribution < -0.4 is 4.72 Å². The van der Waals surface area contributed by atoms with Crippen LogP contribution in [0.5, 0.6) is 0 Å². The number of benzene rings is 1. The van der Waals surface area contributed by atoms with Gasteiger partial charge in [0, 0.05) is 18.0 Å². The number of para-hydroxylation sites is 1. The molecular formula is C17H14N6O3S. The van der Waals surface area contributed by atoms with Gasteiger partial charge in [-0.15, -0.1) is 0 Å². The summed E-state index contributed by atoms with van der Waals surface area (Å²) in [5.41, 5.74) is 1.91. The normalized spacial score (nSPS) is 11.4. The van der Waals surface area contributed by atoms with Crippen molar-refractivity contribution in [3.8, 4) is 11.4 Å². The molecule has 136 valence electrons. The van der Waals surface area contributed by atoms with E-state index in [1.54, 1.807) is 42.7 Å². The largest absolute Gasteiger partial charge is 0.339 e. The molecule has 0 radical (unpaired) electrons. The molecule has 0 unspecified atom stereocenters. The molecule has 0 aliphatic rings. The number of rotatable bonds is 6. The maximum absolute atomic E-state index is 12.4. The minimum absolute atomic E-state index is 0.0185. The molecule has 0 amide bonds. The zero-order valence-electron chi connectivity index (χ0n) is 13.9. The number of H-pyrrole nitrogens is 1. The Morgan fingerprint density at radius 1 is 1.07 bits per heavy atom. The van der Waals surface area contributed by atoms with Crippen molar-refractivity contribution in [3.63, 3.8) is 0 Å². The van der Waals surface area contributed by atoms with Crippen molar-refractivity contribution in [1.82, 2.24) is 25.1 Å². The fourth-order valence-corrected chi connectivity index (χ4v) is 3.48. The lowest BCUT2D eigenvalue weighted by Crippen LogP contribution is -2.14. The van der Waals surface area contributed by atoms with E-state index in [0.717, 1.165) is 5.56 Å². The molecule has 3 aromatic heterocycles. The molecule has 27 heavy (non-hydrogen) atoms. The highest BCUT2D eigenvalue weighted by Crippen LogP contribution is 2.22. The molecular weight excluding hydrogens is 368 g/mol. The number of sulfonamides is 1. The number of pyridine rings is 1. The van der Waals surface area contributed by atoms with Gasteiger partial charge in [-0.05, 0) is 23.8 Å². The van der Waals surface area contributed by atoms with E-state index in [0.29, 0.717) is 23.0 Å². The second-order valence-electron chi connectivity index (χ2n) is 5.60. The second-order valence-corrected chi connectivity index (χ2v) is 7.25. The van der Waals surface area contributed by atoms with Crippen LogP contribution in [0.3, 0.4) is 0 Å². The van der Waals surface area contributed by atoms with E-state index in [-0.39, 0.29) is 11.4 Å². The molecule has 2 N–H and O–H groups in total. The highest BCUT2D eigenvalue weighted by atomic mass is 32.2. The third-order valence-electron chi connectivity index (χ3n) is 3.77. The average molecular weight is 382 g/mol. The maximum atomic E-state index is 12.4. The van der Waals surface area contributed by atoms with Crippen LogP contribution in [0.2, 0.25) is 0 Å². The summed E-state index contributed by atoms with van der Waals surface area (Å²) in [6.07, 6.45) is 6.11. The number of aromatic amines is 1. The minimum atomic E-state index is -3.76. The Morgan fingerprint density at radius 2 is 1.89 bits per heavy atom. The van der Waals surface area contributed by atoms with Crippen LogP contribution in [0.15, 0.2) is 70.9 Å². The zero-order valence-corrected chi connectivity index (χ0v) is 14.7. The van der Waals surface area contributed by atoms with Crippen LogP contribution in [0.4, 0.5) is 5.69 Å². The summed E-state index contributed by atoms with van der Waals surface area (Å²) in [7, 11) is -3.76. The average Bonchev–Trinajstić information content (AvgIpc) is 3.36. The molecule has 3 heterocycles. The topological polar surface area (TPSA) is 127 Å². The molecule has 0 aliphatic heterocycles. The van der Waals surface area contributed by atoms with Gasteiger partial charge in [0.05, 0.1) is 24.6 Å². The molecule has 0 saturated carbocycles. The number of nitrogens with zero attached hydrogens (tertiary/aromatic N) is 4. The first-order chi connectivity index (χ1) is 13.1. The van der Waals surface area contributed by atoms with Crippen molar-refractivity contribution < 1.29 is 12.9 Å². The molecule has 0 atom stereocenters. The molecule has 0 bridgehead atoms. The Labute approximate surface area is 154 Å². The van der Waals surface area contributed by atoms with E-state index in [9.17, 15) is 8.42 Å². The van der Waals surface area contributed by atoms with Gasteiger partial charge in [-0.2, -0.15) is 13.4 Å². The van der Waals surface area contributed by atoms with E-state index < -0.39 is 10.0 Å². The predicted octanol–water partition coefficient (Wildman–Crippen LogP) is 2.25. The van der Waals surface area contributed by atoms with E-state index in [2.05, 4.69) is 29.8 Å². The molecule has 0 spiro atoms. The lowest BCUT2D eigenvalue weighted by molar-refractivity contribution is 0.386. The predicted molar refractivity (Wildman–Crippen MR) is 96.2 cm³/mol. The van der Waals surface area contributed by atoms with Crippen LogP contribution >= 0.6 is 0 Å². The number of anilines is 1. The Bertz CT molecular complexity index is 1140. The molecule has 4 rings (SSSR count). The standard InChI is InChI=1S/C17H14N6O3S/c24-27(25,16-10-19-11-20-16)23-14-4-2-1-3-13(14)9-15-21-17(22-26-15)12-5-7-18-8-6-12/h1-8,10-11,23H,9H2,(H,19,20). The van der Waals surface area contributed by atoms with Crippen LogP contribution in [0.25, 0.3) is 11.4 Å². The van der Waals surface area contributed by atoms with E-state index in [1.165, 1.54) is 12.5 Å². The number of hydrogen-bond donors (Lipinski definition) is 2. The quantitative estimate of drug-likeness (QED) is 0.523. The molecule has 0 aliphatic carbocycles. The Hall–Kier alpha value is -3.53. The smallest absolute Gasteiger partial charge is 0.278 e. The molecule has 0 fully saturated rings. The summed E-state index contributed by atoms with van der Waals surface area (Å²) in [5, 5.41) is 3.94. The summed E-state index contributed by atoms with van der Waals surface area (Å²) >= 11 is 0. The van der Waals surface area contributed by atoms with E-state index in [4.69, 9.17) is 4.52 Å². The number of hydrogen-bond acceptors (Lipinski definition) is 7. The van der Waals surface area contributed by atoms with Gasteiger partial charge in [-0.25, -0.2) is 4.98 Å². The van der Waals surface area contributed by atoms with Crippen molar-refractivity contribution >= 4 is 15.7 Å². The highest BCUT2D eigenvalue weighted by Gasteiger charge is 2.18. The zero-order chi connectivity index (χ0) is 18.7. The van der Waals surface area contributed by atoms with Gasteiger partial charge in [-0.1, -0.05) is 23.4 Å². The molecule has 1 aromatic carbocycles. The van der Waals surface area contributed by atoms with Crippen molar-refractivity contribution in [3.05, 3.63) is 72.8 Å². The minimum Gasteiger partial charge on any atom is -0.339 e. The number of aromatic nitrogens is 5. The number of imidazole rings is 1. The second kappa shape index (κ2) is 7.00. The van der Waals surface area contributed by atoms with Crippen LogP contribution in [-0.2, 0) is 16.4 Å². The van der Waals surface area contributed by atoms with Crippen molar-refractivity contribution in [2.45, 2.75) is 11.4 Å². The Kier molecular flexibility index (Phi) is 4.38. The Morgan fingerprint density at radius 3 is 2.67 bits per heavy atom. The first kappa shape index (κ1) is 16.9. The third-order valence-corrected chi connectivity index (χ3v) is 5.06. The van der Waals surface area contributed by atoms with Crippen molar-refractivity contribution in [2.24, 2.45) is 0 Å². The third kappa shape index (κ3) is 3.70.